The fourth-order valence-corrected chi connectivity index (χ4v) is 2.34. The average molecular weight is 264 g/mol. The van der Waals surface area contributed by atoms with Gasteiger partial charge in [0.15, 0.2) is 0 Å². The number of rotatable bonds is 3. The van der Waals surface area contributed by atoms with Crippen molar-refractivity contribution in [2.24, 2.45) is 7.05 Å². The molecule has 3 nitrogen and oxygen atoms in total. The Morgan fingerprint density at radius 1 is 1.10 bits per heavy atom. The summed E-state index contributed by atoms with van der Waals surface area (Å²) in [6.45, 7) is 4.18. The summed E-state index contributed by atoms with van der Waals surface area (Å²) < 4.78 is 7.25. The van der Waals surface area contributed by atoms with E-state index < -0.39 is 0 Å². The molecule has 1 heterocycles. The summed E-state index contributed by atoms with van der Waals surface area (Å²) in [6.07, 6.45) is 0. The summed E-state index contributed by atoms with van der Waals surface area (Å²) >= 11 is 0. The van der Waals surface area contributed by atoms with Crippen LogP contribution in [0.2, 0.25) is 0 Å². The van der Waals surface area contributed by atoms with E-state index in [0.717, 1.165) is 33.7 Å². The second-order valence-electron chi connectivity index (χ2n) is 4.69. The van der Waals surface area contributed by atoms with Crippen LogP contribution in [0.25, 0.3) is 16.6 Å². The Morgan fingerprint density at radius 2 is 1.80 bits per heavy atom. The molecule has 3 rings (SSSR count). The number of aromatic nitrogens is 2. The quantitative estimate of drug-likeness (QED) is 0.722. The molecule has 3 aromatic rings. The first-order valence-corrected chi connectivity index (χ1v) is 6.46. The van der Waals surface area contributed by atoms with Gasteiger partial charge >= 0.3 is 0 Å². The van der Waals surface area contributed by atoms with Crippen molar-refractivity contribution in [2.75, 3.05) is 7.11 Å². The van der Waals surface area contributed by atoms with Gasteiger partial charge in [0.2, 0.25) is 0 Å². The van der Waals surface area contributed by atoms with Gasteiger partial charge in [-0.05, 0) is 29.8 Å². The second-order valence-corrected chi connectivity index (χ2v) is 4.69. The predicted molar refractivity (Wildman–Crippen MR) is 81.8 cm³/mol. The molecule has 0 unspecified atom stereocenters. The Labute approximate surface area is 118 Å². The highest BCUT2D eigenvalue weighted by Gasteiger charge is 2.11. The first kappa shape index (κ1) is 12.5. The molecule has 0 fully saturated rings. The summed E-state index contributed by atoms with van der Waals surface area (Å²) in [5.41, 5.74) is 4.05. The van der Waals surface area contributed by atoms with E-state index in [9.17, 15) is 0 Å². The van der Waals surface area contributed by atoms with Gasteiger partial charge < -0.3 is 9.30 Å². The lowest BCUT2D eigenvalue weighted by Gasteiger charge is -2.07. The zero-order valence-corrected chi connectivity index (χ0v) is 11.6. The van der Waals surface area contributed by atoms with Crippen molar-refractivity contribution in [2.45, 2.75) is 0 Å². The molecule has 0 saturated heterocycles. The average Bonchev–Trinajstić information content (AvgIpc) is 2.84. The molecule has 0 aliphatic heterocycles. The summed E-state index contributed by atoms with van der Waals surface area (Å²) in [5, 5.41) is 0. The van der Waals surface area contributed by atoms with Gasteiger partial charge in [0.05, 0.1) is 18.1 Å². The number of aryl methyl sites for hydroxylation is 1. The molecule has 0 N–H and O–H groups in total. The SMILES string of the molecule is C=C(c1ccc(OC)cc1)c1nc2ccccc2n1C. The summed E-state index contributed by atoms with van der Waals surface area (Å²) in [7, 11) is 3.68. The van der Waals surface area contributed by atoms with Crippen molar-refractivity contribution < 1.29 is 4.74 Å². The van der Waals surface area contributed by atoms with Crippen LogP contribution in [0.3, 0.4) is 0 Å². The number of hydrogen-bond acceptors (Lipinski definition) is 2. The molecule has 20 heavy (non-hydrogen) atoms. The maximum Gasteiger partial charge on any atom is 0.140 e. The Balaban J connectivity index is 2.05. The van der Waals surface area contributed by atoms with Gasteiger partial charge in [0.1, 0.15) is 11.6 Å². The molecule has 0 aliphatic rings. The zero-order chi connectivity index (χ0) is 14.1. The van der Waals surface area contributed by atoms with Crippen LogP contribution in [-0.2, 0) is 7.05 Å². The number of hydrogen-bond donors (Lipinski definition) is 0. The van der Waals surface area contributed by atoms with Crippen LogP contribution in [0.15, 0.2) is 55.1 Å². The minimum absolute atomic E-state index is 0.839. The van der Waals surface area contributed by atoms with Crippen molar-refractivity contribution in [1.29, 1.82) is 0 Å². The summed E-state index contributed by atoms with van der Waals surface area (Å²) in [6, 6.07) is 16.0. The Kier molecular flexibility index (Phi) is 3.03. The van der Waals surface area contributed by atoms with Crippen molar-refractivity contribution in [3.05, 3.63) is 66.5 Å². The van der Waals surface area contributed by atoms with E-state index in [0.29, 0.717) is 0 Å². The van der Waals surface area contributed by atoms with Gasteiger partial charge in [-0.25, -0.2) is 4.98 Å². The molecular weight excluding hydrogens is 248 g/mol. The lowest BCUT2D eigenvalue weighted by atomic mass is 10.1. The van der Waals surface area contributed by atoms with Crippen LogP contribution in [-0.4, -0.2) is 16.7 Å². The predicted octanol–water partition coefficient (Wildman–Crippen LogP) is 3.64. The largest absolute Gasteiger partial charge is 0.497 e. The Hall–Kier alpha value is -2.55. The fourth-order valence-electron chi connectivity index (χ4n) is 2.34. The van der Waals surface area contributed by atoms with Gasteiger partial charge in [-0.15, -0.1) is 0 Å². The molecule has 0 spiro atoms. The molecule has 0 atom stereocenters. The summed E-state index contributed by atoms with van der Waals surface area (Å²) in [4.78, 5) is 4.66. The number of methoxy groups -OCH3 is 1. The maximum atomic E-state index is 5.18. The van der Waals surface area contributed by atoms with Crippen molar-refractivity contribution in [1.82, 2.24) is 9.55 Å². The number of benzene rings is 2. The summed E-state index contributed by atoms with van der Waals surface area (Å²) in [5.74, 6) is 1.72. The zero-order valence-electron chi connectivity index (χ0n) is 11.6. The minimum atomic E-state index is 0.839. The highest BCUT2D eigenvalue weighted by molar-refractivity contribution is 5.83. The van der Waals surface area contributed by atoms with Crippen molar-refractivity contribution in [3.8, 4) is 5.75 Å². The fraction of sp³-hybridized carbons (Fsp3) is 0.118. The van der Waals surface area contributed by atoms with Gasteiger partial charge in [-0.2, -0.15) is 0 Å². The molecule has 1 aromatic heterocycles. The standard InChI is InChI=1S/C17H16N2O/c1-12(13-8-10-14(20-3)11-9-13)17-18-15-6-4-5-7-16(15)19(17)2/h4-11H,1H2,2-3H3. The first-order chi connectivity index (χ1) is 9.70. The topological polar surface area (TPSA) is 27.1 Å². The third-order valence-corrected chi connectivity index (χ3v) is 3.50. The normalized spacial score (nSPS) is 10.7. The van der Waals surface area contributed by atoms with E-state index >= 15 is 0 Å². The Morgan fingerprint density at radius 3 is 2.45 bits per heavy atom. The molecule has 0 saturated carbocycles. The molecule has 0 aliphatic carbocycles. The van der Waals surface area contributed by atoms with Gasteiger partial charge in [0, 0.05) is 12.6 Å². The first-order valence-electron chi connectivity index (χ1n) is 6.46. The maximum absolute atomic E-state index is 5.18. The lowest BCUT2D eigenvalue weighted by molar-refractivity contribution is 0.415. The monoisotopic (exact) mass is 264 g/mol. The molecule has 100 valence electrons. The molecule has 2 aromatic carbocycles. The van der Waals surface area contributed by atoms with E-state index in [1.165, 1.54) is 0 Å². The smallest absolute Gasteiger partial charge is 0.140 e. The molecule has 3 heteroatoms. The van der Waals surface area contributed by atoms with Crippen LogP contribution in [0, 0.1) is 0 Å². The minimum Gasteiger partial charge on any atom is -0.497 e. The molecule has 0 amide bonds. The Bertz CT molecular complexity index is 769. The van der Waals surface area contributed by atoms with Crippen LogP contribution < -0.4 is 4.74 Å². The van der Waals surface area contributed by atoms with E-state index in [-0.39, 0.29) is 0 Å². The van der Waals surface area contributed by atoms with E-state index in [1.54, 1.807) is 7.11 Å². The molecule has 0 radical (unpaired) electrons. The van der Waals surface area contributed by atoms with E-state index in [4.69, 9.17) is 4.74 Å². The second kappa shape index (κ2) is 4.85. The van der Waals surface area contributed by atoms with Crippen molar-refractivity contribution in [3.63, 3.8) is 0 Å². The highest BCUT2D eigenvalue weighted by Crippen LogP contribution is 2.25. The molecule has 0 bridgehead atoms. The van der Waals surface area contributed by atoms with Crippen molar-refractivity contribution >= 4 is 16.6 Å². The third-order valence-electron chi connectivity index (χ3n) is 3.50. The third kappa shape index (κ3) is 1.97. The van der Waals surface area contributed by atoms with Crippen LogP contribution in [0.5, 0.6) is 5.75 Å². The lowest BCUT2D eigenvalue weighted by Crippen LogP contribution is -1.97. The van der Waals surface area contributed by atoms with Crippen LogP contribution in [0.1, 0.15) is 11.4 Å². The number of para-hydroxylation sites is 2. The van der Waals surface area contributed by atoms with Gasteiger partial charge in [-0.1, -0.05) is 30.8 Å². The van der Waals surface area contributed by atoms with Gasteiger partial charge in [-0.3, -0.25) is 0 Å². The number of nitrogens with zero attached hydrogens (tertiary/aromatic N) is 2. The van der Waals surface area contributed by atoms with Gasteiger partial charge in [0.25, 0.3) is 0 Å². The number of fused-ring (bicyclic) bond motifs is 1. The van der Waals surface area contributed by atoms with E-state index in [2.05, 4.69) is 22.2 Å². The van der Waals surface area contributed by atoms with E-state index in [1.807, 2.05) is 49.5 Å². The van der Waals surface area contributed by atoms with Crippen LogP contribution >= 0.6 is 0 Å². The molecular formula is C17H16N2O. The number of imidazole rings is 1. The highest BCUT2D eigenvalue weighted by atomic mass is 16.5. The van der Waals surface area contributed by atoms with Crippen LogP contribution in [0.4, 0.5) is 0 Å². The number of ether oxygens (including phenoxy) is 1.